The zero-order chi connectivity index (χ0) is 31.2. The molecule has 2 saturated carbocycles. The highest BCUT2D eigenvalue weighted by Gasteiger charge is 2.60. The SMILES string of the molecule is Cc1[nH]c2ccccc2c1[C@H]1[C@@H](CC(=O)N(Cc2ccccc2F)C2(C(=O)Nc3ccc(N(C)C)cc3)CCCC2)C1(C)C. The summed E-state index contributed by atoms with van der Waals surface area (Å²) in [7, 11) is 3.94. The summed E-state index contributed by atoms with van der Waals surface area (Å²) < 4.78 is 15.1. The van der Waals surface area contributed by atoms with Crippen molar-refractivity contribution in [3.8, 4) is 0 Å². The van der Waals surface area contributed by atoms with Crippen molar-refractivity contribution < 1.29 is 14.0 Å². The first-order valence-corrected chi connectivity index (χ1v) is 15.7. The number of nitrogens with one attached hydrogen (secondary N) is 2. The Hall–Kier alpha value is -4.13. The van der Waals surface area contributed by atoms with Gasteiger partial charge in [-0.15, -0.1) is 0 Å². The molecule has 1 aromatic heterocycles. The Labute approximate surface area is 259 Å². The normalized spacial score (nSPS) is 20.0. The molecule has 44 heavy (non-hydrogen) atoms. The maximum atomic E-state index is 15.1. The summed E-state index contributed by atoms with van der Waals surface area (Å²) in [6.07, 6.45) is 3.07. The summed E-state index contributed by atoms with van der Waals surface area (Å²) >= 11 is 0. The lowest BCUT2D eigenvalue weighted by Crippen LogP contribution is -2.57. The topological polar surface area (TPSA) is 68.4 Å². The maximum Gasteiger partial charge on any atom is 0.250 e. The molecular weight excluding hydrogens is 551 g/mol. The minimum Gasteiger partial charge on any atom is -0.378 e. The monoisotopic (exact) mass is 594 g/mol. The van der Waals surface area contributed by atoms with E-state index in [9.17, 15) is 9.59 Å². The number of hydrogen-bond acceptors (Lipinski definition) is 3. The van der Waals surface area contributed by atoms with E-state index in [1.54, 1.807) is 23.1 Å². The van der Waals surface area contributed by atoms with E-state index in [1.165, 1.54) is 17.0 Å². The molecule has 1 heterocycles. The summed E-state index contributed by atoms with van der Waals surface area (Å²) in [5, 5.41) is 4.32. The first-order valence-electron chi connectivity index (χ1n) is 15.7. The van der Waals surface area contributed by atoms with Crippen molar-refractivity contribution in [1.29, 1.82) is 0 Å². The Kier molecular flexibility index (Phi) is 7.76. The molecule has 0 saturated heterocycles. The van der Waals surface area contributed by atoms with Gasteiger partial charge >= 0.3 is 0 Å². The van der Waals surface area contributed by atoms with Crippen LogP contribution in [0.15, 0.2) is 72.8 Å². The van der Waals surface area contributed by atoms with Crippen LogP contribution in [0.1, 0.15) is 68.7 Å². The van der Waals surface area contributed by atoms with E-state index >= 15 is 4.39 Å². The second kappa shape index (κ2) is 11.4. The van der Waals surface area contributed by atoms with Crippen molar-refractivity contribution in [2.45, 2.75) is 70.9 Å². The van der Waals surface area contributed by atoms with Crippen molar-refractivity contribution in [3.05, 3.63) is 95.4 Å². The number of benzene rings is 3. The Morgan fingerprint density at radius 2 is 1.61 bits per heavy atom. The van der Waals surface area contributed by atoms with Crippen LogP contribution in [0.5, 0.6) is 0 Å². The van der Waals surface area contributed by atoms with Crippen LogP contribution in [-0.2, 0) is 16.1 Å². The van der Waals surface area contributed by atoms with Crippen LogP contribution < -0.4 is 10.2 Å². The van der Waals surface area contributed by atoms with Crippen molar-refractivity contribution in [2.24, 2.45) is 11.3 Å². The molecular formula is C37H43FN4O2. The number of nitrogens with zero attached hydrogens (tertiary/aromatic N) is 2. The van der Waals surface area contributed by atoms with Crippen LogP contribution >= 0.6 is 0 Å². The van der Waals surface area contributed by atoms with Gasteiger partial charge < -0.3 is 20.1 Å². The van der Waals surface area contributed by atoms with Gasteiger partial charge in [0.15, 0.2) is 0 Å². The number of hydrogen-bond donors (Lipinski definition) is 2. The second-order valence-electron chi connectivity index (χ2n) is 13.5. The molecule has 2 fully saturated rings. The van der Waals surface area contributed by atoms with Crippen molar-refractivity contribution >= 4 is 34.1 Å². The fraction of sp³-hybridized carbons (Fsp3) is 0.405. The number of aromatic nitrogens is 1. The molecule has 0 unspecified atom stereocenters. The van der Waals surface area contributed by atoms with Crippen LogP contribution in [0.3, 0.4) is 0 Å². The minimum absolute atomic E-state index is 0.0580. The van der Waals surface area contributed by atoms with Crippen molar-refractivity contribution in [3.63, 3.8) is 0 Å². The average molecular weight is 595 g/mol. The zero-order valence-corrected chi connectivity index (χ0v) is 26.4. The predicted molar refractivity (Wildman–Crippen MR) is 175 cm³/mol. The van der Waals surface area contributed by atoms with Gasteiger partial charge in [0.2, 0.25) is 11.8 Å². The number of amides is 2. The van der Waals surface area contributed by atoms with E-state index in [1.807, 2.05) is 49.3 Å². The molecule has 230 valence electrons. The van der Waals surface area contributed by atoms with E-state index in [0.717, 1.165) is 29.7 Å². The number of carbonyl (C=O) groups excluding carboxylic acids is 2. The number of rotatable bonds is 9. The van der Waals surface area contributed by atoms with Gasteiger partial charge in [0.05, 0.1) is 0 Å². The molecule has 2 amide bonds. The zero-order valence-electron chi connectivity index (χ0n) is 26.4. The molecule has 0 spiro atoms. The van der Waals surface area contributed by atoms with Gasteiger partial charge in [0, 0.05) is 60.6 Å². The highest BCUT2D eigenvalue weighted by atomic mass is 19.1. The molecule has 7 heteroatoms. The number of para-hydroxylation sites is 1. The molecule has 2 atom stereocenters. The molecule has 6 rings (SSSR count). The van der Waals surface area contributed by atoms with E-state index < -0.39 is 5.54 Å². The summed E-state index contributed by atoms with van der Waals surface area (Å²) in [4.78, 5) is 36.0. The first kappa shape index (κ1) is 29.9. The molecule has 4 aromatic rings. The van der Waals surface area contributed by atoms with Crippen molar-refractivity contribution in [1.82, 2.24) is 9.88 Å². The molecule has 0 radical (unpaired) electrons. The van der Waals surface area contributed by atoms with E-state index in [4.69, 9.17) is 0 Å². The fourth-order valence-corrected chi connectivity index (χ4v) is 7.64. The first-order chi connectivity index (χ1) is 21.0. The number of H-pyrrole nitrogens is 1. The summed E-state index contributed by atoms with van der Waals surface area (Å²) in [5.74, 6) is -0.336. The van der Waals surface area contributed by atoms with Crippen LogP contribution in [0.25, 0.3) is 10.9 Å². The van der Waals surface area contributed by atoms with Gasteiger partial charge in [-0.25, -0.2) is 4.39 Å². The van der Waals surface area contributed by atoms with Crippen LogP contribution in [-0.4, -0.2) is 41.3 Å². The predicted octanol–water partition coefficient (Wildman–Crippen LogP) is 7.79. The van der Waals surface area contributed by atoms with E-state index in [2.05, 4.69) is 49.3 Å². The molecule has 2 aliphatic rings. The number of anilines is 2. The highest BCUT2D eigenvalue weighted by Crippen LogP contribution is 2.67. The Bertz CT molecular complexity index is 1680. The summed E-state index contributed by atoms with van der Waals surface area (Å²) in [6.45, 7) is 6.62. The highest BCUT2D eigenvalue weighted by molar-refractivity contribution is 6.01. The molecule has 0 aliphatic heterocycles. The van der Waals surface area contributed by atoms with E-state index in [-0.39, 0.29) is 41.4 Å². The standard InChI is InChI=1S/C37H43FN4O2/c1-24-33(28-13-7-9-15-31(28)39-24)34-29(36(34,2)3)22-32(43)42(23-25-12-6-8-14-30(25)38)37(20-10-11-21-37)35(44)40-26-16-18-27(19-17-26)41(4)5/h6-9,12-19,29,34,39H,10-11,20-23H2,1-5H3,(H,40,44)/t29-,34-/m1/s1. The van der Waals surface area contributed by atoms with Gasteiger partial charge in [-0.3, -0.25) is 9.59 Å². The lowest BCUT2D eigenvalue weighted by Gasteiger charge is -2.40. The molecule has 2 aliphatic carbocycles. The van der Waals surface area contributed by atoms with Crippen molar-refractivity contribution in [2.75, 3.05) is 24.3 Å². The Morgan fingerprint density at radius 1 is 0.955 bits per heavy atom. The Balaban J connectivity index is 1.32. The number of aromatic amines is 1. The van der Waals surface area contributed by atoms with Gasteiger partial charge in [0.1, 0.15) is 11.4 Å². The maximum absolute atomic E-state index is 15.1. The molecule has 0 bridgehead atoms. The number of halogens is 1. The third-order valence-corrected chi connectivity index (χ3v) is 10.3. The molecule has 2 N–H and O–H groups in total. The largest absolute Gasteiger partial charge is 0.378 e. The third-order valence-electron chi connectivity index (χ3n) is 10.3. The van der Waals surface area contributed by atoms with Gasteiger partial charge in [-0.1, -0.05) is 63.1 Å². The number of carbonyl (C=O) groups is 2. The third kappa shape index (κ3) is 5.27. The van der Waals surface area contributed by atoms with Gasteiger partial charge in [-0.2, -0.15) is 0 Å². The smallest absolute Gasteiger partial charge is 0.250 e. The average Bonchev–Trinajstić information content (AvgIpc) is 3.35. The summed E-state index contributed by atoms with van der Waals surface area (Å²) in [5.41, 5.74) is 4.51. The molecule has 6 nitrogen and oxygen atoms in total. The minimum atomic E-state index is -1.05. The van der Waals surface area contributed by atoms with Crippen LogP contribution in [0.4, 0.5) is 15.8 Å². The van der Waals surface area contributed by atoms with Gasteiger partial charge in [-0.05, 0) is 79.0 Å². The van der Waals surface area contributed by atoms with Crippen LogP contribution in [0.2, 0.25) is 0 Å². The molecule has 3 aromatic carbocycles. The number of fused-ring (bicyclic) bond motifs is 1. The Morgan fingerprint density at radius 3 is 2.30 bits per heavy atom. The lowest BCUT2D eigenvalue weighted by molar-refractivity contribution is -0.146. The fourth-order valence-electron chi connectivity index (χ4n) is 7.64. The quantitative estimate of drug-likeness (QED) is 0.208. The van der Waals surface area contributed by atoms with Gasteiger partial charge in [0.25, 0.3) is 0 Å². The lowest BCUT2D eigenvalue weighted by atomic mass is 9.91. The second-order valence-corrected chi connectivity index (χ2v) is 13.5. The number of aryl methyl sites for hydroxylation is 1. The summed E-state index contributed by atoms with van der Waals surface area (Å²) in [6, 6.07) is 22.6. The van der Waals surface area contributed by atoms with E-state index in [0.29, 0.717) is 30.5 Å². The van der Waals surface area contributed by atoms with Crippen LogP contribution in [0, 0.1) is 24.1 Å².